The van der Waals surface area contributed by atoms with Gasteiger partial charge in [-0.1, -0.05) is 20.8 Å². The third-order valence-corrected chi connectivity index (χ3v) is 2.63. The normalized spacial score (nSPS) is 11.7. The second kappa shape index (κ2) is 4.81. The molecule has 0 aliphatic heterocycles. The van der Waals surface area contributed by atoms with Gasteiger partial charge in [0.25, 0.3) is 0 Å². The van der Waals surface area contributed by atoms with E-state index in [-0.39, 0.29) is 12.0 Å². The van der Waals surface area contributed by atoms with Gasteiger partial charge in [0, 0.05) is 17.2 Å². The number of rotatable bonds is 3. The van der Waals surface area contributed by atoms with E-state index >= 15 is 0 Å². The zero-order chi connectivity index (χ0) is 11.5. The molecule has 0 fully saturated rings. The number of nitrogens with two attached hydrogens (primary N) is 1. The van der Waals surface area contributed by atoms with Gasteiger partial charge in [0.05, 0.1) is 6.61 Å². The molecule has 0 amide bonds. The molecule has 1 aromatic heterocycles. The van der Waals surface area contributed by atoms with E-state index in [0.29, 0.717) is 11.6 Å². The highest BCUT2D eigenvalue weighted by molar-refractivity contribution is 7.99. The Labute approximate surface area is 94.3 Å². The summed E-state index contributed by atoms with van der Waals surface area (Å²) in [4.78, 5) is 8.61. The standard InChI is InChI=1S/C10H17N3OS/c1-10(2,3)9-12-7(11)6-8(13-9)15-5-4-14/h6,14H,4-5H2,1-3H3,(H2,11,12,13). The molecule has 0 saturated carbocycles. The molecule has 0 unspecified atom stereocenters. The van der Waals surface area contributed by atoms with Crippen molar-refractivity contribution in [2.24, 2.45) is 0 Å². The van der Waals surface area contributed by atoms with E-state index in [0.717, 1.165) is 10.9 Å². The minimum atomic E-state index is -0.107. The second-order valence-electron chi connectivity index (χ2n) is 4.28. The minimum Gasteiger partial charge on any atom is -0.396 e. The molecule has 1 rings (SSSR count). The fourth-order valence-electron chi connectivity index (χ4n) is 1.00. The number of anilines is 1. The van der Waals surface area contributed by atoms with Crippen LogP contribution >= 0.6 is 11.8 Å². The van der Waals surface area contributed by atoms with Crippen LogP contribution in [0.5, 0.6) is 0 Å². The molecule has 0 aliphatic carbocycles. The largest absolute Gasteiger partial charge is 0.396 e. The lowest BCUT2D eigenvalue weighted by molar-refractivity contribution is 0.322. The van der Waals surface area contributed by atoms with Crippen LogP contribution in [0.15, 0.2) is 11.1 Å². The van der Waals surface area contributed by atoms with Crippen molar-refractivity contribution in [3.8, 4) is 0 Å². The molecular weight excluding hydrogens is 210 g/mol. The van der Waals surface area contributed by atoms with Crippen LogP contribution in [0.3, 0.4) is 0 Å². The van der Waals surface area contributed by atoms with Crippen molar-refractivity contribution < 1.29 is 5.11 Å². The zero-order valence-corrected chi connectivity index (χ0v) is 10.1. The highest BCUT2D eigenvalue weighted by atomic mass is 32.2. The molecule has 5 heteroatoms. The molecule has 0 spiro atoms. The van der Waals surface area contributed by atoms with E-state index in [9.17, 15) is 0 Å². The van der Waals surface area contributed by atoms with Crippen LogP contribution in [-0.2, 0) is 5.41 Å². The molecule has 1 heterocycles. The number of hydrogen-bond donors (Lipinski definition) is 2. The molecule has 0 aromatic carbocycles. The van der Waals surface area contributed by atoms with Crippen LogP contribution in [0, 0.1) is 0 Å². The Morgan fingerprint density at radius 2 is 2.07 bits per heavy atom. The molecular formula is C10H17N3OS. The Morgan fingerprint density at radius 1 is 1.40 bits per heavy atom. The summed E-state index contributed by atoms with van der Waals surface area (Å²) in [5, 5.41) is 9.55. The Kier molecular flexibility index (Phi) is 3.93. The maximum Gasteiger partial charge on any atom is 0.137 e. The van der Waals surface area contributed by atoms with Crippen molar-refractivity contribution in [3.05, 3.63) is 11.9 Å². The fourth-order valence-corrected chi connectivity index (χ4v) is 1.66. The van der Waals surface area contributed by atoms with Gasteiger partial charge in [0.1, 0.15) is 16.7 Å². The van der Waals surface area contributed by atoms with E-state index in [1.165, 1.54) is 11.8 Å². The van der Waals surface area contributed by atoms with E-state index in [1.807, 2.05) is 20.8 Å². The van der Waals surface area contributed by atoms with Crippen LogP contribution < -0.4 is 5.73 Å². The lowest BCUT2D eigenvalue weighted by atomic mass is 9.96. The van der Waals surface area contributed by atoms with Crippen molar-refractivity contribution >= 4 is 17.6 Å². The first-order chi connectivity index (χ1) is 6.93. The van der Waals surface area contributed by atoms with Crippen molar-refractivity contribution in [2.45, 2.75) is 31.2 Å². The smallest absolute Gasteiger partial charge is 0.137 e. The summed E-state index contributed by atoms with van der Waals surface area (Å²) < 4.78 is 0. The van der Waals surface area contributed by atoms with Gasteiger partial charge in [0.15, 0.2) is 0 Å². The van der Waals surface area contributed by atoms with Crippen LogP contribution in [0.2, 0.25) is 0 Å². The zero-order valence-electron chi connectivity index (χ0n) is 9.32. The van der Waals surface area contributed by atoms with Gasteiger partial charge in [-0.3, -0.25) is 0 Å². The van der Waals surface area contributed by atoms with E-state index in [2.05, 4.69) is 9.97 Å². The van der Waals surface area contributed by atoms with Crippen molar-refractivity contribution in [1.82, 2.24) is 9.97 Å². The summed E-state index contributed by atoms with van der Waals surface area (Å²) in [6.07, 6.45) is 0. The maximum atomic E-state index is 8.73. The Balaban J connectivity index is 2.95. The number of aromatic nitrogens is 2. The molecule has 0 saturated heterocycles. The van der Waals surface area contributed by atoms with Gasteiger partial charge in [-0.25, -0.2) is 9.97 Å². The first-order valence-corrected chi connectivity index (χ1v) is 5.81. The van der Waals surface area contributed by atoms with Crippen LogP contribution in [0.4, 0.5) is 5.82 Å². The molecule has 1 aromatic rings. The number of nitrogens with zero attached hydrogens (tertiary/aromatic N) is 2. The van der Waals surface area contributed by atoms with Crippen molar-refractivity contribution in [1.29, 1.82) is 0 Å². The summed E-state index contributed by atoms with van der Waals surface area (Å²) in [5.41, 5.74) is 5.59. The van der Waals surface area contributed by atoms with Crippen molar-refractivity contribution in [2.75, 3.05) is 18.1 Å². The quantitative estimate of drug-likeness (QED) is 0.604. The highest BCUT2D eigenvalue weighted by Gasteiger charge is 2.18. The first kappa shape index (κ1) is 12.3. The number of aliphatic hydroxyl groups is 1. The molecule has 0 aliphatic rings. The summed E-state index contributed by atoms with van der Waals surface area (Å²) in [5.74, 6) is 1.85. The number of hydrogen-bond acceptors (Lipinski definition) is 5. The highest BCUT2D eigenvalue weighted by Crippen LogP contribution is 2.23. The van der Waals surface area contributed by atoms with Crippen LogP contribution in [0.1, 0.15) is 26.6 Å². The Hall–Kier alpha value is -0.810. The SMILES string of the molecule is CC(C)(C)c1nc(N)cc(SCCO)n1. The van der Waals surface area contributed by atoms with Crippen molar-refractivity contribution in [3.63, 3.8) is 0 Å². The van der Waals surface area contributed by atoms with Gasteiger partial charge in [-0.15, -0.1) is 11.8 Å². The van der Waals surface area contributed by atoms with Gasteiger partial charge in [0.2, 0.25) is 0 Å². The second-order valence-corrected chi connectivity index (χ2v) is 5.39. The molecule has 0 radical (unpaired) electrons. The number of thioether (sulfide) groups is 1. The fraction of sp³-hybridized carbons (Fsp3) is 0.600. The summed E-state index contributed by atoms with van der Waals surface area (Å²) in [6.45, 7) is 6.27. The maximum absolute atomic E-state index is 8.73. The predicted octanol–water partition coefficient (Wildman–Crippen LogP) is 1.44. The van der Waals surface area contributed by atoms with Crippen LogP contribution in [0.25, 0.3) is 0 Å². The first-order valence-electron chi connectivity index (χ1n) is 4.82. The molecule has 0 bridgehead atoms. The molecule has 0 atom stereocenters. The van der Waals surface area contributed by atoms with E-state index in [1.54, 1.807) is 6.07 Å². The number of aliphatic hydroxyl groups excluding tert-OH is 1. The lowest BCUT2D eigenvalue weighted by Gasteiger charge is -2.17. The molecule has 3 N–H and O–H groups in total. The minimum absolute atomic E-state index is 0.107. The van der Waals surface area contributed by atoms with E-state index < -0.39 is 0 Å². The summed E-state index contributed by atoms with van der Waals surface area (Å²) >= 11 is 1.48. The average Bonchev–Trinajstić information content (AvgIpc) is 2.12. The van der Waals surface area contributed by atoms with Gasteiger partial charge in [-0.2, -0.15) is 0 Å². The molecule has 84 valence electrons. The van der Waals surface area contributed by atoms with E-state index in [4.69, 9.17) is 10.8 Å². The summed E-state index contributed by atoms with van der Waals surface area (Å²) in [7, 11) is 0. The molecule has 15 heavy (non-hydrogen) atoms. The Bertz CT molecular complexity index is 336. The van der Waals surface area contributed by atoms with Gasteiger partial charge >= 0.3 is 0 Å². The summed E-state index contributed by atoms with van der Waals surface area (Å²) in [6, 6.07) is 1.73. The molecule has 4 nitrogen and oxygen atoms in total. The third-order valence-electron chi connectivity index (χ3n) is 1.73. The average molecular weight is 227 g/mol. The topological polar surface area (TPSA) is 72.0 Å². The monoisotopic (exact) mass is 227 g/mol. The van der Waals surface area contributed by atoms with Gasteiger partial charge < -0.3 is 10.8 Å². The lowest BCUT2D eigenvalue weighted by Crippen LogP contribution is -2.17. The predicted molar refractivity (Wildman–Crippen MR) is 63.0 cm³/mol. The van der Waals surface area contributed by atoms with Gasteiger partial charge in [-0.05, 0) is 0 Å². The number of nitrogen functional groups attached to an aromatic ring is 1. The third kappa shape index (κ3) is 3.68. The Morgan fingerprint density at radius 3 is 2.60 bits per heavy atom. The van der Waals surface area contributed by atoms with Crippen LogP contribution in [-0.4, -0.2) is 27.4 Å².